The lowest BCUT2D eigenvalue weighted by Crippen LogP contribution is -2.33. The zero-order valence-electron chi connectivity index (χ0n) is 12.2. The average Bonchev–Trinajstić information content (AvgIpc) is 2.87. The van der Waals surface area contributed by atoms with Crippen molar-refractivity contribution >= 4 is 0 Å². The Morgan fingerprint density at radius 3 is 2.90 bits per heavy atom. The fraction of sp³-hybridized carbons (Fsp3) is 0.529. The second kappa shape index (κ2) is 6.88. The molecule has 1 heterocycles. The average molecular weight is 275 g/mol. The molecular weight excluding hydrogens is 253 g/mol. The predicted molar refractivity (Wildman–Crippen MR) is 78.6 cm³/mol. The summed E-state index contributed by atoms with van der Waals surface area (Å²) in [6, 6.07) is 5.65. The van der Waals surface area contributed by atoms with E-state index in [0.29, 0.717) is 24.1 Å². The van der Waals surface area contributed by atoms with E-state index in [1.165, 1.54) is 18.9 Å². The van der Waals surface area contributed by atoms with Crippen LogP contribution in [0.3, 0.4) is 0 Å². The number of aliphatic hydroxyl groups excluding tert-OH is 1. The van der Waals surface area contributed by atoms with Crippen LogP contribution < -0.4 is 0 Å². The summed E-state index contributed by atoms with van der Waals surface area (Å²) in [5, 5.41) is 8.65. The molecule has 1 saturated heterocycles. The minimum atomic E-state index is -0.204. The summed E-state index contributed by atoms with van der Waals surface area (Å²) < 4.78 is 14.1. The van der Waals surface area contributed by atoms with Crippen molar-refractivity contribution in [3.05, 3.63) is 35.1 Å². The van der Waals surface area contributed by atoms with Gasteiger partial charge in [0.2, 0.25) is 0 Å². The van der Waals surface area contributed by atoms with Crippen LogP contribution in [0.2, 0.25) is 0 Å². The molecule has 1 fully saturated rings. The molecule has 1 N–H and O–H groups in total. The second-order valence-corrected chi connectivity index (χ2v) is 5.69. The Balaban J connectivity index is 2.10. The van der Waals surface area contributed by atoms with Crippen molar-refractivity contribution in [1.82, 2.24) is 4.90 Å². The van der Waals surface area contributed by atoms with Gasteiger partial charge in [-0.25, -0.2) is 4.39 Å². The topological polar surface area (TPSA) is 23.5 Å². The van der Waals surface area contributed by atoms with Crippen molar-refractivity contribution in [3.63, 3.8) is 0 Å². The van der Waals surface area contributed by atoms with Gasteiger partial charge in [-0.15, -0.1) is 0 Å². The molecule has 0 saturated carbocycles. The summed E-state index contributed by atoms with van der Waals surface area (Å²) in [4.78, 5) is 2.38. The van der Waals surface area contributed by atoms with E-state index >= 15 is 0 Å². The van der Waals surface area contributed by atoms with Crippen LogP contribution in [0.5, 0.6) is 0 Å². The Hall–Kier alpha value is -1.37. The summed E-state index contributed by atoms with van der Waals surface area (Å²) in [6.45, 7) is 5.98. The molecule has 0 amide bonds. The summed E-state index contributed by atoms with van der Waals surface area (Å²) in [7, 11) is 0. The van der Waals surface area contributed by atoms with Gasteiger partial charge >= 0.3 is 0 Å². The van der Waals surface area contributed by atoms with Crippen LogP contribution in [0.15, 0.2) is 18.2 Å². The van der Waals surface area contributed by atoms with E-state index in [1.807, 2.05) is 12.1 Å². The van der Waals surface area contributed by atoms with Gasteiger partial charge in [-0.05, 0) is 37.4 Å². The molecule has 1 unspecified atom stereocenters. The second-order valence-electron chi connectivity index (χ2n) is 5.69. The van der Waals surface area contributed by atoms with Gasteiger partial charge in [0.05, 0.1) is 0 Å². The van der Waals surface area contributed by atoms with E-state index < -0.39 is 0 Å². The molecule has 2 rings (SSSR count). The molecule has 108 valence electrons. The van der Waals surface area contributed by atoms with Gasteiger partial charge in [-0.2, -0.15) is 0 Å². The normalized spacial score (nSPS) is 19.1. The largest absolute Gasteiger partial charge is 0.384 e. The van der Waals surface area contributed by atoms with E-state index in [-0.39, 0.29) is 12.4 Å². The van der Waals surface area contributed by atoms with E-state index in [0.717, 1.165) is 12.1 Å². The summed E-state index contributed by atoms with van der Waals surface area (Å²) >= 11 is 0. The molecule has 0 radical (unpaired) electrons. The van der Waals surface area contributed by atoms with Gasteiger partial charge in [-0.1, -0.05) is 31.8 Å². The maximum Gasteiger partial charge on any atom is 0.128 e. The maximum absolute atomic E-state index is 14.1. The third kappa shape index (κ3) is 3.59. The zero-order chi connectivity index (χ0) is 14.5. The van der Waals surface area contributed by atoms with Crippen LogP contribution in [0, 0.1) is 23.6 Å². The van der Waals surface area contributed by atoms with Crippen molar-refractivity contribution in [2.24, 2.45) is 5.92 Å². The third-order valence-electron chi connectivity index (χ3n) is 3.92. The maximum atomic E-state index is 14.1. The van der Waals surface area contributed by atoms with Gasteiger partial charge in [0.1, 0.15) is 12.4 Å². The summed E-state index contributed by atoms with van der Waals surface area (Å²) in [5.74, 6) is 5.67. The number of halogens is 1. The Kier molecular flexibility index (Phi) is 5.17. The number of hydrogen-bond donors (Lipinski definition) is 1. The molecule has 0 aromatic heterocycles. The smallest absolute Gasteiger partial charge is 0.128 e. The molecule has 1 aliphatic rings. The number of likely N-dealkylation sites (tertiary alicyclic amines) is 1. The first-order valence-corrected chi connectivity index (χ1v) is 7.24. The number of aliphatic hydroxyl groups is 1. The van der Waals surface area contributed by atoms with Gasteiger partial charge in [0.15, 0.2) is 0 Å². The molecule has 1 aliphatic heterocycles. The summed E-state index contributed by atoms with van der Waals surface area (Å²) in [5.41, 5.74) is 1.34. The minimum absolute atomic E-state index is 0.201. The third-order valence-corrected chi connectivity index (χ3v) is 3.92. The predicted octanol–water partition coefficient (Wildman–Crippen LogP) is 2.79. The Bertz CT molecular complexity index is 515. The van der Waals surface area contributed by atoms with Crippen molar-refractivity contribution < 1.29 is 9.50 Å². The molecule has 3 heteroatoms. The monoisotopic (exact) mass is 275 g/mol. The van der Waals surface area contributed by atoms with Gasteiger partial charge in [0, 0.05) is 23.7 Å². The number of nitrogens with zero attached hydrogens (tertiary/aromatic N) is 1. The first-order valence-electron chi connectivity index (χ1n) is 7.24. The van der Waals surface area contributed by atoms with Crippen LogP contribution in [0.4, 0.5) is 4.39 Å². The Labute approximate surface area is 120 Å². The summed E-state index contributed by atoms with van der Waals surface area (Å²) in [6.07, 6.45) is 2.41. The highest BCUT2D eigenvalue weighted by molar-refractivity contribution is 5.37. The number of benzene rings is 1. The lowest BCUT2D eigenvalue weighted by atomic mass is 10.0. The van der Waals surface area contributed by atoms with Crippen LogP contribution in [0.25, 0.3) is 0 Å². The highest BCUT2D eigenvalue weighted by Gasteiger charge is 2.27. The van der Waals surface area contributed by atoms with Crippen LogP contribution in [-0.4, -0.2) is 29.2 Å². The molecular formula is C17H22FNO. The Morgan fingerprint density at radius 2 is 2.25 bits per heavy atom. The van der Waals surface area contributed by atoms with E-state index in [4.69, 9.17) is 5.11 Å². The standard InChI is InChI=1S/C17H22FNO/c1-13(2)17-6-3-9-19(17)12-15-8-7-14(5-4-10-20)11-16(15)18/h7-8,11,13,17,20H,3,6,9-10,12H2,1-2H3. The van der Waals surface area contributed by atoms with Crippen LogP contribution in [0.1, 0.15) is 37.8 Å². The SMILES string of the molecule is CC(C)C1CCCN1Cc1ccc(C#CCO)cc1F. The first-order chi connectivity index (χ1) is 9.61. The molecule has 20 heavy (non-hydrogen) atoms. The van der Waals surface area contributed by atoms with Crippen LogP contribution in [-0.2, 0) is 6.54 Å². The van der Waals surface area contributed by atoms with Crippen molar-refractivity contribution in [1.29, 1.82) is 0 Å². The lowest BCUT2D eigenvalue weighted by molar-refractivity contribution is 0.196. The Morgan fingerprint density at radius 1 is 1.45 bits per heavy atom. The van der Waals surface area contributed by atoms with Gasteiger partial charge in [0.25, 0.3) is 0 Å². The van der Waals surface area contributed by atoms with Gasteiger partial charge in [-0.3, -0.25) is 4.90 Å². The fourth-order valence-corrected chi connectivity index (χ4v) is 2.92. The molecule has 2 nitrogen and oxygen atoms in total. The van der Waals surface area contributed by atoms with E-state index in [2.05, 4.69) is 30.6 Å². The highest BCUT2D eigenvalue weighted by atomic mass is 19.1. The highest BCUT2D eigenvalue weighted by Crippen LogP contribution is 2.26. The quantitative estimate of drug-likeness (QED) is 0.857. The number of hydrogen-bond acceptors (Lipinski definition) is 2. The molecule has 1 atom stereocenters. The van der Waals surface area contributed by atoms with Crippen molar-refractivity contribution in [2.75, 3.05) is 13.2 Å². The van der Waals surface area contributed by atoms with E-state index in [9.17, 15) is 4.39 Å². The fourth-order valence-electron chi connectivity index (χ4n) is 2.92. The van der Waals surface area contributed by atoms with Crippen molar-refractivity contribution in [2.45, 2.75) is 39.3 Å². The van der Waals surface area contributed by atoms with E-state index in [1.54, 1.807) is 0 Å². The lowest BCUT2D eigenvalue weighted by Gasteiger charge is -2.27. The van der Waals surface area contributed by atoms with Crippen LogP contribution >= 0.6 is 0 Å². The molecule has 0 spiro atoms. The minimum Gasteiger partial charge on any atom is -0.384 e. The first kappa shape index (κ1) is 15.0. The van der Waals surface area contributed by atoms with Crippen molar-refractivity contribution in [3.8, 4) is 11.8 Å². The molecule has 0 aliphatic carbocycles. The number of rotatable bonds is 3. The molecule has 0 bridgehead atoms. The zero-order valence-corrected chi connectivity index (χ0v) is 12.2. The molecule has 1 aromatic carbocycles. The van der Waals surface area contributed by atoms with Gasteiger partial charge < -0.3 is 5.11 Å². The molecule has 1 aromatic rings.